The molecule has 4 N–H and O–H groups in total. The van der Waals surface area contributed by atoms with Gasteiger partial charge in [-0.25, -0.2) is 0 Å². The van der Waals surface area contributed by atoms with Crippen LogP contribution in [0.5, 0.6) is 0 Å². The second-order valence-electron chi connectivity index (χ2n) is 7.95. The zero-order chi connectivity index (χ0) is 20.4. The van der Waals surface area contributed by atoms with Gasteiger partial charge in [0.1, 0.15) is 0 Å². The van der Waals surface area contributed by atoms with E-state index >= 15 is 0 Å². The number of hydrogen-bond acceptors (Lipinski definition) is 4. The highest BCUT2D eigenvalue weighted by atomic mass is 16.4. The van der Waals surface area contributed by atoms with Gasteiger partial charge in [0.25, 0.3) is 0 Å². The second-order valence-corrected chi connectivity index (χ2v) is 7.95. The number of hydrogen-bond donors (Lipinski definition) is 4. The Morgan fingerprint density at radius 3 is 2.50 bits per heavy atom. The van der Waals surface area contributed by atoms with Gasteiger partial charge in [0.05, 0.1) is 18.3 Å². The average molecular weight is 391 g/mol. The van der Waals surface area contributed by atoms with Crippen molar-refractivity contribution >= 4 is 5.97 Å². The molecular weight excluding hydrogens is 356 g/mol. The Balaban J connectivity index is 1.74. The number of carboxylic acid groups (broad SMARTS) is 1. The van der Waals surface area contributed by atoms with Gasteiger partial charge in [0.15, 0.2) is 0 Å². The highest BCUT2D eigenvalue weighted by molar-refractivity contribution is 5.66. The molecule has 0 radical (unpaired) electrons. The van der Waals surface area contributed by atoms with E-state index in [1.54, 1.807) is 0 Å². The molecule has 1 saturated carbocycles. The number of carbonyl (C=O) groups is 1. The normalized spacial score (nSPS) is 26.0. The van der Waals surface area contributed by atoms with Crippen LogP contribution in [0.4, 0.5) is 0 Å². The molecule has 1 aromatic carbocycles. The molecule has 0 amide bonds. The van der Waals surface area contributed by atoms with Crippen LogP contribution in [0, 0.1) is 11.8 Å². The lowest BCUT2D eigenvalue weighted by Gasteiger charge is -2.23. The number of allylic oxidation sites excluding steroid dienone is 2. The van der Waals surface area contributed by atoms with Crippen LogP contribution in [0.3, 0.4) is 0 Å². The van der Waals surface area contributed by atoms with Crippen LogP contribution >= 0.6 is 0 Å². The third kappa shape index (κ3) is 7.74. The molecule has 156 valence electrons. The van der Waals surface area contributed by atoms with Gasteiger partial charge in [-0.2, -0.15) is 0 Å². The van der Waals surface area contributed by atoms with Crippen molar-refractivity contribution in [3.05, 3.63) is 48.0 Å². The summed E-state index contributed by atoms with van der Waals surface area (Å²) in [5.41, 5.74) is 1.21. The zero-order valence-electron chi connectivity index (χ0n) is 16.5. The van der Waals surface area contributed by atoms with Crippen LogP contribution in [-0.4, -0.2) is 44.7 Å². The first-order chi connectivity index (χ1) is 13.5. The molecule has 0 aromatic heterocycles. The summed E-state index contributed by atoms with van der Waals surface area (Å²) >= 11 is 0. The molecule has 1 aliphatic rings. The van der Waals surface area contributed by atoms with Gasteiger partial charge in [-0.3, -0.25) is 4.79 Å². The fraction of sp³-hybridized carbons (Fsp3) is 0.609. The Morgan fingerprint density at radius 2 is 1.79 bits per heavy atom. The summed E-state index contributed by atoms with van der Waals surface area (Å²) in [6.45, 7) is 0. The number of aliphatic hydroxyl groups is 3. The maximum Gasteiger partial charge on any atom is 0.303 e. The molecule has 1 aliphatic carbocycles. The van der Waals surface area contributed by atoms with E-state index in [4.69, 9.17) is 5.11 Å². The largest absolute Gasteiger partial charge is 0.481 e. The Kier molecular flexibility index (Phi) is 9.68. The fourth-order valence-electron chi connectivity index (χ4n) is 4.16. The number of aliphatic carboxylic acids is 1. The maximum absolute atomic E-state index is 10.5. The van der Waals surface area contributed by atoms with Crippen LogP contribution in [0.15, 0.2) is 42.5 Å². The van der Waals surface area contributed by atoms with Crippen LogP contribution in [0.1, 0.15) is 56.9 Å². The van der Waals surface area contributed by atoms with Crippen LogP contribution in [0.2, 0.25) is 0 Å². The molecule has 0 unspecified atom stereocenters. The van der Waals surface area contributed by atoms with Crippen molar-refractivity contribution < 1.29 is 25.2 Å². The van der Waals surface area contributed by atoms with Crippen molar-refractivity contribution in [1.29, 1.82) is 0 Å². The minimum atomic E-state index is -0.784. The van der Waals surface area contributed by atoms with Gasteiger partial charge in [-0.05, 0) is 68.8 Å². The number of carboxylic acids is 1. The van der Waals surface area contributed by atoms with Gasteiger partial charge in [-0.1, -0.05) is 42.5 Å². The van der Waals surface area contributed by atoms with Gasteiger partial charge < -0.3 is 20.4 Å². The van der Waals surface area contributed by atoms with Crippen LogP contribution < -0.4 is 0 Å². The monoisotopic (exact) mass is 390 g/mol. The molecule has 2 rings (SSSR count). The molecule has 5 atom stereocenters. The Hall–Kier alpha value is -1.69. The van der Waals surface area contributed by atoms with Crippen molar-refractivity contribution in [2.45, 2.75) is 76.1 Å². The van der Waals surface area contributed by atoms with Crippen molar-refractivity contribution in [3.63, 3.8) is 0 Å². The molecule has 28 heavy (non-hydrogen) atoms. The highest BCUT2D eigenvalue weighted by Gasteiger charge is 2.40. The first kappa shape index (κ1) is 22.6. The summed E-state index contributed by atoms with van der Waals surface area (Å²) in [5.74, 6) is -0.800. The third-order valence-corrected chi connectivity index (χ3v) is 5.80. The molecule has 0 heterocycles. The first-order valence-corrected chi connectivity index (χ1v) is 10.4. The third-order valence-electron chi connectivity index (χ3n) is 5.80. The van der Waals surface area contributed by atoms with E-state index in [0.29, 0.717) is 44.9 Å². The SMILES string of the molecule is O=C(O)CCC/C=C\C[C@H]1[C@H](CC[C@@H](O)CCc2ccccc2)[C@@H](O)C[C@H]1O. The smallest absolute Gasteiger partial charge is 0.303 e. The lowest BCUT2D eigenvalue weighted by Crippen LogP contribution is -2.23. The van der Waals surface area contributed by atoms with E-state index in [9.17, 15) is 20.1 Å². The summed E-state index contributed by atoms with van der Waals surface area (Å²) in [5, 5.41) is 39.6. The molecule has 1 aromatic rings. The molecule has 0 saturated heterocycles. The van der Waals surface area contributed by atoms with Crippen LogP contribution in [0.25, 0.3) is 0 Å². The van der Waals surface area contributed by atoms with Crippen LogP contribution in [-0.2, 0) is 11.2 Å². The van der Waals surface area contributed by atoms with Crippen molar-refractivity contribution in [2.24, 2.45) is 11.8 Å². The number of aliphatic hydroxyl groups excluding tert-OH is 3. The average Bonchev–Trinajstić information content (AvgIpc) is 2.94. The van der Waals surface area contributed by atoms with Crippen molar-refractivity contribution in [3.8, 4) is 0 Å². The Bertz CT molecular complexity index is 600. The Morgan fingerprint density at radius 1 is 1.07 bits per heavy atom. The predicted molar refractivity (Wildman–Crippen MR) is 109 cm³/mol. The summed E-state index contributed by atoms with van der Waals surface area (Å²) in [6, 6.07) is 10.1. The second kappa shape index (κ2) is 12.0. The van der Waals surface area contributed by atoms with Gasteiger partial charge in [0, 0.05) is 6.42 Å². The molecule has 5 nitrogen and oxygen atoms in total. The van der Waals surface area contributed by atoms with E-state index in [2.05, 4.69) is 12.1 Å². The summed E-state index contributed by atoms with van der Waals surface area (Å²) in [7, 11) is 0. The van der Waals surface area contributed by atoms with Gasteiger partial charge in [0.2, 0.25) is 0 Å². The number of aryl methyl sites for hydroxylation is 1. The van der Waals surface area contributed by atoms with Gasteiger partial charge >= 0.3 is 5.97 Å². The summed E-state index contributed by atoms with van der Waals surface area (Å²) in [4.78, 5) is 10.5. The van der Waals surface area contributed by atoms with Gasteiger partial charge in [-0.15, -0.1) is 0 Å². The minimum absolute atomic E-state index is 0.00736. The van der Waals surface area contributed by atoms with Crippen molar-refractivity contribution in [2.75, 3.05) is 0 Å². The lowest BCUT2D eigenvalue weighted by atomic mass is 9.85. The molecule has 0 bridgehead atoms. The molecule has 5 heteroatoms. The molecule has 1 fully saturated rings. The van der Waals surface area contributed by atoms with E-state index in [1.807, 2.05) is 30.4 Å². The van der Waals surface area contributed by atoms with E-state index in [-0.39, 0.29) is 18.3 Å². The fourth-order valence-corrected chi connectivity index (χ4v) is 4.16. The standard InChI is InChI=1S/C23H34O5/c24-18(13-12-17-8-4-3-5-9-17)14-15-20-19(21(25)16-22(20)26)10-6-1-2-7-11-23(27)28/h1,3-6,8-9,18-22,24-26H,2,7,10-16H2,(H,27,28)/b6-1-/t18-,19-,20-,21+,22-/m0/s1. The topological polar surface area (TPSA) is 98.0 Å². The summed E-state index contributed by atoms with van der Waals surface area (Å²) in [6.07, 6.45) is 7.91. The number of unbranched alkanes of at least 4 members (excludes halogenated alkanes) is 1. The zero-order valence-corrected chi connectivity index (χ0v) is 16.5. The molecule has 0 spiro atoms. The lowest BCUT2D eigenvalue weighted by molar-refractivity contribution is -0.137. The van der Waals surface area contributed by atoms with Crippen molar-refractivity contribution in [1.82, 2.24) is 0 Å². The van der Waals surface area contributed by atoms with E-state index in [0.717, 1.165) is 6.42 Å². The summed E-state index contributed by atoms with van der Waals surface area (Å²) < 4.78 is 0. The highest BCUT2D eigenvalue weighted by Crippen LogP contribution is 2.38. The molecular formula is C23H34O5. The van der Waals surface area contributed by atoms with E-state index < -0.39 is 24.3 Å². The predicted octanol–water partition coefficient (Wildman–Crippen LogP) is 3.32. The Labute approximate surface area is 167 Å². The quantitative estimate of drug-likeness (QED) is 0.324. The number of rotatable bonds is 12. The molecule has 0 aliphatic heterocycles. The minimum Gasteiger partial charge on any atom is -0.481 e. The van der Waals surface area contributed by atoms with E-state index in [1.165, 1.54) is 5.56 Å². The number of benzene rings is 1. The first-order valence-electron chi connectivity index (χ1n) is 10.4. The maximum atomic E-state index is 10.5.